The first-order valence-electron chi connectivity index (χ1n) is 9.51. The molecule has 3 heterocycles. The van der Waals surface area contributed by atoms with Gasteiger partial charge in [-0.05, 0) is 24.6 Å². The fourth-order valence-corrected chi connectivity index (χ4v) is 3.60. The molecule has 0 fully saturated rings. The largest absolute Gasteiger partial charge is 0.374 e. The lowest BCUT2D eigenvalue weighted by molar-refractivity contribution is 0.0390. The van der Waals surface area contributed by atoms with Crippen LogP contribution in [-0.4, -0.2) is 45.3 Å². The minimum Gasteiger partial charge on any atom is -0.374 e. The summed E-state index contributed by atoms with van der Waals surface area (Å²) >= 11 is 0. The third-order valence-corrected chi connectivity index (χ3v) is 4.93. The highest BCUT2D eigenvalue weighted by Gasteiger charge is 2.24. The number of aromatic nitrogens is 2. The summed E-state index contributed by atoms with van der Waals surface area (Å²) in [7, 11) is 0. The van der Waals surface area contributed by atoms with Crippen LogP contribution < -0.4 is 5.32 Å². The Morgan fingerprint density at radius 2 is 2.11 bits per heavy atom. The van der Waals surface area contributed by atoms with E-state index in [4.69, 9.17) is 0 Å². The zero-order chi connectivity index (χ0) is 18.6. The van der Waals surface area contributed by atoms with Gasteiger partial charge in [0.2, 0.25) is 0 Å². The number of hydrogen-bond acceptors (Lipinski definition) is 5. The van der Waals surface area contributed by atoms with Crippen LogP contribution in [0.5, 0.6) is 0 Å². The van der Waals surface area contributed by atoms with Gasteiger partial charge in [-0.15, -0.1) is 0 Å². The molecule has 4 rings (SSSR count). The molecule has 1 aliphatic rings. The van der Waals surface area contributed by atoms with Crippen LogP contribution in [-0.2, 0) is 6.54 Å². The fourth-order valence-electron chi connectivity index (χ4n) is 3.60. The van der Waals surface area contributed by atoms with Crippen molar-refractivity contribution in [1.29, 1.82) is 0 Å². The van der Waals surface area contributed by atoms with E-state index in [1.54, 1.807) is 6.20 Å². The van der Waals surface area contributed by atoms with Crippen molar-refractivity contribution in [3.63, 3.8) is 0 Å². The molecule has 1 atom stereocenters. The second-order valence-electron chi connectivity index (χ2n) is 6.80. The van der Waals surface area contributed by atoms with Crippen molar-refractivity contribution in [2.45, 2.75) is 32.5 Å². The van der Waals surface area contributed by atoms with Gasteiger partial charge in [-0.3, -0.25) is 9.98 Å². The molecule has 1 aromatic carbocycles. The van der Waals surface area contributed by atoms with Crippen LogP contribution in [0.4, 0.5) is 0 Å². The molecular weight excluding hydrogens is 338 g/mol. The van der Waals surface area contributed by atoms with E-state index in [9.17, 15) is 5.11 Å². The van der Waals surface area contributed by atoms with E-state index in [1.165, 1.54) is 0 Å². The summed E-state index contributed by atoms with van der Waals surface area (Å²) in [5.74, 6) is 0.776. The van der Waals surface area contributed by atoms with Crippen LogP contribution in [0, 0.1) is 0 Å². The lowest BCUT2D eigenvalue weighted by Crippen LogP contribution is -2.45. The molecule has 0 radical (unpaired) electrons. The lowest BCUT2D eigenvalue weighted by Gasteiger charge is -2.30. The molecule has 0 aliphatic carbocycles. The van der Waals surface area contributed by atoms with Gasteiger partial charge in [0.1, 0.15) is 6.23 Å². The van der Waals surface area contributed by atoms with Crippen molar-refractivity contribution in [2.75, 3.05) is 13.1 Å². The maximum atomic E-state index is 10.8. The number of para-hydroxylation sites is 1. The average Bonchev–Trinajstić information content (AvgIpc) is 3.35. The van der Waals surface area contributed by atoms with Gasteiger partial charge in [0.05, 0.1) is 18.8 Å². The third-order valence-electron chi connectivity index (χ3n) is 4.93. The summed E-state index contributed by atoms with van der Waals surface area (Å²) in [5.41, 5.74) is 4.30. The molecule has 2 aromatic heterocycles. The summed E-state index contributed by atoms with van der Waals surface area (Å²) in [6.45, 7) is 4.21. The van der Waals surface area contributed by atoms with Gasteiger partial charge in [0.15, 0.2) is 5.96 Å². The van der Waals surface area contributed by atoms with E-state index in [0.717, 1.165) is 53.2 Å². The molecule has 3 aromatic rings. The molecular formula is C21H25N5O. The molecule has 0 spiro atoms. The lowest BCUT2D eigenvalue weighted by atomic mass is 10.1. The minimum atomic E-state index is -0.574. The number of fused-ring (bicyclic) bond motifs is 1. The van der Waals surface area contributed by atoms with Crippen LogP contribution in [0.15, 0.2) is 53.8 Å². The van der Waals surface area contributed by atoms with Crippen LogP contribution in [0.1, 0.15) is 25.3 Å². The quantitative estimate of drug-likeness (QED) is 0.588. The average molecular weight is 363 g/mol. The Bertz CT molecular complexity index is 934. The second-order valence-corrected chi connectivity index (χ2v) is 6.80. The summed E-state index contributed by atoms with van der Waals surface area (Å²) < 4.78 is 0. The van der Waals surface area contributed by atoms with Crippen molar-refractivity contribution >= 4 is 16.9 Å². The van der Waals surface area contributed by atoms with Gasteiger partial charge in [0, 0.05) is 41.0 Å². The molecule has 0 amide bonds. The highest BCUT2D eigenvalue weighted by atomic mass is 16.3. The van der Waals surface area contributed by atoms with Crippen molar-refractivity contribution in [3.8, 4) is 11.3 Å². The smallest absolute Gasteiger partial charge is 0.196 e. The Morgan fingerprint density at radius 3 is 2.85 bits per heavy atom. The number of benzene rings is 1. The van der Waals surface area contributed by atoms with E-state index in [0.29, 0.717) is 13.0 Å². The fraction of sp³-hybridized carbons (Fsp3) is 0.333. The van der Waals surface area contributed by atoms with Gasteiger partial charge < -0.3 is 20.3 Å². The number of aliphatic imine (C=N–C) groups is 1. The predicted octanol–water partition coefficient (Wildman–Crippen LogP) is 3.11. The van der Waals surface area contributed by atoms with E-state index in [2.05, 4.69) is 45.4 Å². The number of rotatable bonds is 6. The first kappa shape index (κ1) is 17.5. The Kier molecular flexibility index (Phi) is 5.07. The number of guanidine groups is 1. The number of nitrogens with one attached hydrogen (secondary N) is 2. The number of H-pyrrole nitrogens is 1. The van der Waals surface area contributed by atoms with E-state index in [1.807, 2.05) is 29.3 Å². The Labute approximate surface area is 159 Å². The standard InChI is InChI=1S/C21H25N5O/c1-2-6-19(27)26(21-23-11-12-24-21)14-17-16-8-3-4-9-18(16)25-20(17)15-7-5-10-22-13-15/h3-5,7-10,13,19,25,27H,2,6,11-12,14H2,1H3,(H,23,24). The number of pyridine rings is 1. The van der Waals surface area contributed by atoms with E-state index in [-0.39, 0.29) is 0 Å². The van der Waals surface area contributed by atoms with Gasteiger partial charge in [-0.25, -0.2) is 0 Å². The molecule has 0 saturated carbocycles. The molecule has 27 heavy (non-hydrogen) atoms. The van der Waals surface area contributed by atoms with Crippen molar-refractivity contribution in [3.05, 3.63) is 54.4 Å². The van der Waals surface area contributed by atoms with Crippen molar-refractivity contribution < 1.29 is 5.11 Å². The molecule has 1 aliphatic heterocycles. The maximum absolute atomic E-state index is 10.8. The van der Waals surface area contributed by atoms with Crippen molar-refractivity contribution in [1.82, 2.24) is 20.2 Å². The number of hydrogen-bond donors (Lipinski definition) is 3. The third kappa shape index (κ3) is 3.53. The normalized spacial score (nSPS) is 14.8. The first-order chi connectivity index (χ1) is 13.3. The van der Waals surface area contributed by atoms with Crippen LogP contribution in [0.25, 0.3) is 22.2 Å². The van der Waals surface area contributed by atoms with Gasteiger partial charge in [-0.1, -0.05) is 31.5 Å². The van der Waals surface area contributed by atoms with E-state index >= 15 is 0 Å². The molecule has 6 heteroatoms. The van der Waals surface area contributed by atoms with Crippen molar-refractivity contribution in [2.24, 2.45) is 4.99 Å². The SMILES string of the molecule is CCCC(O)N(Cc1c(-c2cccnc2)[nH]c2ccccc12)C1=NCCN1. The summed E-state index contributed by atoms with van der Waals surface area (Å²) in [5, 5.41) is 15.2. The highest BCUT2D eigenvalue weighted by Crippen LogP contribution is 2.31. The number of nitrogens with zero attached hydrogens (tertiary/aromatic N) is 3. The van der Waals surface area contributed by atoms with E-state index < -0.39 is 6.23 Å². The zero-order valence-electron chi connectivity index (χ0n) is 15.5. The minimum absolute atomic E-state index is 0.571. The van der Waals surface area contributed by atoms with Crippen LogP contribution in [0.3, 0.4) is 0 Å². The first-order valence-corrected chi connectivity index (χ1v) is 9.51. The molecule has 0 bridgehead atoms. The number of aromatic amines is 1. The Balaban J connectivity index is 1.79. The summed E-state index contributed by atoms with van der Waals surface area (Å²) in [6, 6.07) is 12.3. The highest BCUT2D eigenvalue weighted by molar-refractivity contribution is 5.91. The molecule has 0 saturated heterocycles. The molecule has 140 valence electrons. The van der Waals surface area contributed by atoms with Gasteiger partial charge >= 0.3 is 0 Å². The topological polar surface area (TPSA) is 76.5 Å². The predicted molar refractivity (Wildman–Crippen MR) is 108 cm³/mol. The molecule has 3 N–H and O–H groups in total. The van der Waals surface area contributed by atoms with Crippen LogP contribution in [0.2, 0.25) is 0 Å². The van der Waals surface area contributed by atoms with Gasteiger partial charge in [-0.2, -0.15) is 0 Å². The maximum Gasteiger partial charge on any atom is 0.196 e. The summed E-state index contributed by atoms with van der Waals surface area (Å²) in [4.78, 5) is 14.3. The van der Waals surface area contributed by atoms with Crippen LogP contribution >= 0.6 is 0 Å². The summed E-state index contributed by atoms with van der Waals surface area (Å²) in [6.07, 6.45) is 4.68. The number of aliphatic hydroxyl groups excluding tert-OH is 1. The molecule has 1 unspecified atom stereocenters. The molecule has 6 nitrogen and oxygen atoms in total. The Morgan fingerprint density at radius 1 is 1.22 bits per heavy atom. The zero-order valence-corrected chi connectivity index (χ0v) is 15.5. The van der Waals surface area contributed by atoms with Gasteiger partial charge in [0.25, 0.3) is 0 Å². The Hall–Kier alpha value is -2.86. The monoisotopic (exact) mass is 363 g/mol. The second kappa shape index (κ2) is 7.80. The number of aliphatic hydroxyl groups is 1.